The molecule has 1 aromatic heterocycles. The second-order valence-electron chi connectivity index (χ2n) is 9.02. The Hall–Kier alpha value is -2.90. The highest BCUT2D eigenvalue weighted by Gasteiger charge is 2.48. The number of ether oxygens (including phenoxy) is 1. The molecule has 1 aromatic carbocycles. The van der Waals surface area contributed by atoms with E-state index < -0.39 is 0 Å². The zero-order chi connectivity index (χ0) is 21.4. The Morgan fingerprint density at radius 1 is 1.06 bits per heavy atom. The number of aromatic nitrogens is 3. The Labute approximate surface area is 182 Å². The van der Waals surface area contributed by atoms with Gasteiger partial charge >= 0.3 is 6.09 Å². The van der Waals surface area contributed by atoms with Crippen molar-refractivity contribution in [3.63, 3.8) is 0 Å². The smallest absolute Gasteiger partial charge is 0.410 e. The number of aryl methyl sites for hydroxylation is 1. The van der Waals surface area contributed by atoms with Crippen LogP contribution in [0.4, 0.5) is 4.79 Å². The number of likely N-dealkylation sites (tertiary alicyclic amines) is 1. The molecule has 5 rings (SSSR count). The number of carbonyl (C=O) groups excluding carboxylic acids is 2. The molecule has 0 radical (unpaired) electrons. The van der Waals surface area contributed by atoms with Gasteiger partial charge in [0.25, 0.3) is 5.91 Å². The number of para-hydroxylation sites is 1. The van der Waals surface area contributed by atoms with E-state index in [1.54, 1.807) is 0 Å². The highest BCUT2D eigenvalue weighted by atomic mass is 16.6. The highest BCUT2D eigenvalue weighted by Crippen LogP contribution is 2.38. The van der Waals surface area contributed by atoms with Crippen LogP contribution in [0.2, 0.25) is 0 Å². The fourth-order valence-electron chi connectivity index (χ4n) is 5.17. The average molecular weight is 424 g/mol. The summed E-state index contributed by atoms with van der Waals surface area (Å²) in [5.41, 5.74) is 1.57. The molecule has 2 aliphatic heterocycles. The lowest BCUT2D eigenvalue weighted by Crippen LogP contribution is -2.48. The van der Waals surface area contributed by atoms with E-state index in [-0.39, 0.29) is 23.6 Å². The van der Waals surface area contributed by atoms with Gasteiger partial charge in [-0.25, -0.2) is 4.79 Å². The first-order chi connectivity index (χ1) is 15.0. The summed E-state index contributed by atoms with van der Waals surface area (Å²) in [6, 6.07) is 9.73. The first-order valence-electron chi connectivity index (χ1n) is 11.3. The highest BCUT2D eigenvalue weighted by molar-refractivity contribution is 5.93. The van der Waals surface area contributed by atoms with Gasteiger partial charge in [0.2, 0.25) is 0 Å². The number of hydrogen-bond donors (Lipinski definition) is 0. The van der Waals surface area contributed by atoms with Gasteiger partial charge in [0.15, 0.2) is 5.69 Å². The molecule has 2 amide bonds. The number of benzene rings is 1. The third-order valence-corrected chi connectivity index (χ3v) is 6.93. The Morgan fingerprint density at radius 3 is 2.48 bits per heavy atom. The van der Waals surface area contributed by atoms with Gasteiger partial charge in [-0.05, 0) is 57.6 Å². The number of rotatable bonds is 3. The molecule has 1 saturated carbocycles. The second kappa shape index (κ2) is 7.98. The van der Waals surface area contributed by atoms with Crippen LogP contribution >= 0.6 is 0 Å². The van der Waals surface area contributed by atoms with Crippen molar-refractivity contribution in [1.82, 2.24) is 24.8 Å². The maximum atomic E-state index is 13.1. The molecule has 164 valence electrons. The number of amides is 2. The normalized spacial score (nSPS) is 21.5. The van der Waals surface area contributed by atoms with E-state index in [1.165, 1.54) is 11.2 Å². The number of carbonyl (C=O) groups is 2. The summed E-state index contributed by atoms with van der Waals surface area (Å²) < 4.78 is 5.85. The minimum atomic E-state index is -0.269. The summed E-state index contributed by atoms with van der Waals surface area (Å²) in [5, 5.41) is 8.87. The SMILES string of the molecule is Cc1nn(-c2ccccc2)nc1C(=O)N1CCC(N2CC3(CCCCC3)OC2=O)CC1. The molecule has 1 spiro atoms. The quantitative estimate of drug-likeness (QED) is 0.756. The second-order valence-corrected chi connectivity index (χ2v) is 9.02. The van der Waals surface area contributed by atoms with E-state index in [9.17, 15) is 9.59 Å². The van der Waals surface area contributed by atoms with Gasteiger partial charge in [-0.15, -0.1) is 5.10 Å². The van der Waals surface area contributed by atoms with E-state index in [1.807, 2.05) is 47.1 Å². The van der Waals surface area contributed by atoms with Crippen LogP contribution in [-0.2, 0) is 4.74 Å². The number of piperidine rings is 1. The Bertz CT molecular complexity index is 959. The molecule has 0 N–H and O–H groups in total. The predicted octanol–water partition coefficient (Wildman–Crippen LogP) is 3.34. The monoisotopic (exact) mass is 423 g/mol. The van der Waals surface area contributed by atoms with Gasteiger partial charge in [-0.3, -0.25) is 4.79 Å². The standard InChI is InChI=1S/C23H29N5O3/c1-17-20(25-28(24-17)19-8-4-2-5-9-19)21(29)26-14-10-18(11-15-26)27-16-23(31-22(27)30)12-6-3-7-13-23/h2,4-5,8-9,18H,3,6-7,10-16H2,1H3. The lowest BCUT2D eigenvalue weighted by molar-refractivity contribution is 0.0259. The molecule has 0 atom stereocenters. The Kier molecular flexibility index (Phi) is 5.16. The summed E-state index contributed by atoms with van der Waals surface area (Å²) in [5.74, 6) is -0.0918. The zero-order valence-corrected chi connectivity index (χ0v) is 18.0. The van der Waals surface area contributed by atoms with Crippen molar-refractivity contribution in [1.29, 1.82) is 0 Å². The zero-order valence-electron chi connectivity index (χ0n) is 18.0. The molecule has 3 aliphatic rings. The van der Waals surface area contributed by atoms with Crippen LogP contribution in [0.5, 0.6) is 0 Å². The van der Waals surface area contributed by atoms with Crippen LogP contribution < -0.4 is 0 Å². The van der Waals surface area contributed by atoms with Crippen molar-refractivity contribution < 1.29 is 14.3 Å². The topological polar surface area (TPSA) is 80.6 Å². The Morgan fingerprint density at radius 2 is 1.77 bits per heavy atom. The molecule has 0 unspecified atom stereocenters. The third-order valence-electron chi connectivity index (χ3n) is 6.93. The molecule has 3 fully saturated rings. The molecule has 2 aromatic rings. The van der Waals surface area contributed by atoms with E-state index in [0.717, 1.165) is 44.2 Å². The van der Waals surface area contributed by atoms with Gasteiger partial charge < -0.3 is 14.5 Å². The molecular formula is C23H29N5O3. The van der Waals surface area contributed by atoms with Crippen molar-refractivity contribution >= 4 is 12.0 Å². The van der Waals surface area contributed by atoms with Gasteiger partial charge in [-0.2, -0.15) is 9.90 Å². The van der Waals surface area contributed by atoms with E-state index in [4.69, 9.17) is 4.74 Å². The van der Waals surface area contributed by atoms with Crippen LogP contribution in [0, 0.1) is 6.92 Å². The first-order valence-corrected chi connectivity index (χ1v) is 11.3. The van der Waals surface area contributed by atoms with Crippen LogP contribution in [0.1, 0.15) is 61.1 Å². The lowest BCUT2D eigenvalue weighted by Gasteiger charge is -2.36. The van der Waals surface area contributed by atoms with E-state index in [2.05, 4.69) is 10.2 Å². The van der Waals surface area contributed by atoms with Crippen LogP contribution in [-0.4, -0.2) is 68.1 Å². The summed E-state index contributed by atoms with van der Waals surface area (Å²) in [6.45, 7) is 3.74. The summed E-state index contributed by atoms with van der Waals surface area (Å²) >= 11 is 0. The van der Waals surface area contributed by atoms with E-state index >= 15 is 0 Å². The fraction of sp³-hybridized carbons (Fsp3) is 0.565. The Balaban J connectivity index is 1.22. The van der Waals surface area contributed by atoms with Gasteiger partial charge in [0.1, 0.15) is 5.60 Å². The van der Waals surface area contributed by atoms with Crippen molar-refractivity contribution in [3.8, 4) is 5.69 Å². The summed E-state index contributed by atoms with van der Waals surface area (Å²) in [7, 11) is 0. The van der Waals surface area contributed by atoms with Crippen LogP contribution in [0.25, 0.3) is 5.69 Å². The van der Waals surface area contributed by atoms with Crippen LogP contribution in [0.3, 0.4) is 0 Å². The maximum Gasteiger partial charge on any atom is 0.410 e. The van der Waals surface area contributed by atoms with E-state index in [0.29, 0.717) is 31.0 Å². The molecule has 8 heteroatoms. The largest absolute Gasteiger partial charge is 0.441 e. The average Bonchev–Trinajstić information content (AvgIpc) is 3.34. The van der Waals surface area contributed by atoms with Crippen LogP contribution in [0.15, 0.2) is 30.3 Å². The van der Waals surface area contributed by atoms with Crippen molar-refractivity contribution in [2.45, 2.75) is 63.5 Å². The molecule has 31 heavy (non-hydrogen) atoms. The minimum absolute atomic E-state index is 0.0918. The van der Waals surface area contributed by atoms with Gasteiger partial charge in [-0.1, -0.05) is 24.6 Å². The third kappa shape index (κ3) is 3.79. The number of nitrogens with zero attached hydrogens (tertiary/aromatic N) is 5. The molecular weight excluding hydrogens is 394 g/mol. The number of hydrogen-bond acceptors (Lipinski definition) is 5. The molecule has 1 aliphatic carbocycles. The lowest BCUT2D eigenvalue weighted by atomic mass is 9.84. The minimum Gasteiger partial charge on any atom is -0.441 e. The van der Waals surface area contributed by atoms with Crippen molar-refractivity contribution in [2.75, 3.05) is 19.6 Å². The maximum absolute atomic E-state index is 13.1. The molecule has 3 heterocycles. The fourth-order valence-corrected chi connectivity index (χ4v) is 5.17. The molecule has 0 bridgehead atoms. The van der Waals surface area contributed by atoms with Gasteiger partial charge in [0, 0.05) is 19.1 Å². The molecule has 2 saturated heterocycles. The summed E-state index contributed by atoms with van der Waals surface area (Å²) in [4.78, 5) is 30.9. The summed E-state index contributed by atoms with van der Waals surface area (Å²) in [6.07, 6.45) is 6.81. The van der Waals surface area contributed by atoms with Crippen molar-refractivity contribution in [2.24, 2.45) is 0 Å². The predicted molar refractivity (Wildman–Crippen MR) is 114 cm³/mol. The van der Waals surface area contributed by atoms with Gasteiger partial charge in [0.05, 0.1) is 17.9 Å². The molecule has 8 nitrogen and oxygen atoms in total. The van der Waals surface area contributed by atoms with Crippen molar-refractivity contribution in [3.05, 3.63) is 41.7 Å². The first kappa shape index (κ1) is 20.0.